The lowest BCUT2D eigenvalue weighted by Crippen LogP contribution is -2.14. The molecule has 3 nitrogen and oxygen atoms in total. The molecule has 0 aliphatic heterocycles. The molecule has 0 spiro atoms. The molecule has 19 heavy (non-hydrogen) atoms. The number of ether oxygens (including phenoxy) is 1. The first-order valence-corrected chi connectivity index (χ1v) is 7.43. The molecule has 2 aromatic rings. The van der Waals surface area contributed by atoms with Crippen molar-refractivity contribution in [1.82, 2.24) is 10.3 Å². The summed E-state index contributed by atoms with van der Waals surface area (Å²) in [7, 11) is 0. The van der Waals surface area contributed by atoms with Gasteiger partial charge in [0.15, 0.2) is 0 Å². The predicted octanol–water partition coefficient (Wildman–Crippen LogP) is 3.28. The zero-order valence-corrected chi connectivity index (χ0v) is 12.3. The van der Waals surface area contributed by atoms with Crippen molar-refractivity contribution in [1.29, 1.82) is 0 Å². The SMILES string of the molecule is CCOCc1ccccc1CNCc1nc(C)cs1. The Hall–Kier alpha value is -1.23. The first-order chi connectivity index (χ1) is 9.29. The van der Waals surface area contributed by atoms with Crippen molar-refractivity contribution in [3.8, 4) is 0 Å². The van der Waals surface area contributed by atoms with Gasteiger partial charge >= 0.3 is 0 Å². The van der Waals surface area contributed by atoms with Gasteiger partial charge in [-0.1, -0.05) is 24.3 Å². The van der Waals surface area contributed by atoms with Gasteiger partial charge in [0.2, 0.25) is 0 Å². The number of aromatic nitrogens is 1. The monoisotopic (exact) mass is 276 g/mol. The van der Waals surface area contributed by atoms with E-state index < -0.39 is 0 Å². The Balaban J connectivity index is 1.88. The van der Waals surface area contributed by atoms with Crippen LogP contribution in [0.15, 0.2) is 29.6 Å². The van der Waals surface area contributed by atoms with Gasteiger partial charge in [0.25, 0.3) is 0 Å². The molecule has 0 aliphatic rings. The van der Waals surface area contributed by atoms with Gasteiger partial charge in [-0.3, -0.25) is 0 Å². The van der Waals surface area contributed by atoms with E-state index in [1.165, 1.54) is 11.1 Å². The highest BCUT2D eigenvalue weighted by atomic mass is 32.1. The largest absolute Gasteiger partial charge is 0.377 e. The Morgan fingerprint density at radius 2 is 2.00 bits per heavy atom. The summed E-state index contributed by atoms with van der Waals surface area (Å²) in [6, 6.07) is 8.40. The summed E-state index contributed by atoms with van der Waals surface area (Å²) >= 11 is 1.70. The number of rotatable bonds is 7. The Kier molecular flexibility index (Phi) is 5.51. The summed E-state index contributed by atoms with van der Waals surface area (Å²) in [5.74, 6) is 0. The molecule has 102 valence electrons. The van der Waals surface area contributed by atoms with E-state index in [0.29, 0.717) is 6.61 Å². The van der Waals surface area contributed by atoms with Crippen molar-refractivity contribution in [3.63, 3.8) is 0 Å². The summed E-state index contributed by atoms with van der Waals surface area (Å²) in [6.45, 7) is 7.15. The normalized spacial score (nSPS) is 10.8. The fourth-order valence-electron chi connectivity index (χ4n) is 1.87. The number of nitrogens with one attached hydrogen (secondary N) is 1. The molecule has 1 aromatic carbocycles. The van der Waals surface area contributed by atoms with Crippen LogP contribution in [0.25, 0.3) is 0 Å². The van der Waals surface area contributed by atoms with Crippen LogP contribution in [0.5, 0.6) is 0 Å². The third-order valence-corrected chi connectivity index (χ3v) is 3.80. The van der Waals surface area contributed by atoms with Crippen LogP contribution >= 0.6 is 11.3 Å². The lowest BCUT2D eigenvalue weighted by atomic mass is 10.1. The number of nitrogens with zero attached hydrogens (tertiary/aromatic N) is 1. The Morgan fingerprint density at radius 3 is 2.68 bits per heavy atom. The van der Waals surface area contributed by atoms with Crippen LogP contribution in [-0.2, 0) is 24.4 Å². The maximum atomic E-state index is 5.49. The summed E-state index contributed by atoms with van der Waals surface area (Å²) in [4.78, 5) is 4.45. The van der Waals surface area contributed by atoms with Crippen molar-refractivity contribution in [2.45, 2.75) is 33.5 Å². The van der Waals surface area contributed by atoms with Gasteiger partial charge in [-0.25, -0.2) is 4.98 Å². The third kappa shape index (κ3) is 4.42. The molecule has 1 aromatic heterocycles. The molecular formula is C15H20N2OS. The molecule has 0 bridgehead atoms. The molecule has 1 heterocycles. The first kappa shape index (κ1) is 14.2. The van der Waals surface area contributed by atoms with Crippen LogP contribution in [0.3, 0.4) is 0 Å². The van der Waals surface area contributed by atoms with E-state index >= 15 is 0 Å². The van der Waals surface area contributed by atoms with E-state index in [0.717, 1.165) is 30.4 Å². The minimum absolute atomic E-state index is 0.685. The number of benzene rings is 1. The average Bonchev–Trinajstić information content (AvgIpc) is 2.83. The van der Waals surface area contributed by atoms with Gasteiger partial charge in [-0.15, -0.1) is 11.3 Å². The molecule has 2 rings (SSSR count). The molecular weight excluding hydrogens is 256 g/mol. The summed E-state index contributed by atoms with van der Waals surface area (Å²) in [5.41, 5.74) is 3.65. The molecule has 0 atom stereocenters. The summed E-state index contributed by atoms with van der Waals surface area (Å²) < 4.78 is 5.49. The molecule has 0 amide bonds. The highest BCUT2D eigenvalue weighted by Crippen LogP contribution is 2.11. The number of hydrogen-bond donors (Lipinski definition) is 1. The summed E-state index contributed by atoms with van der Waals surface area (Å²) in [6.07, 6.45) is 0. The first-order valence-electron chi connectivity index (χ1n) is 6.56. The minimum Gasteiger partial charge on any atom is -0.377 e. The fourth-order valence-corrected chi connectivity index (χ4v) is 2.61. The van der Waals surface area contributed by atoms with Crippen molar-refractivity contribution < 1.29 is 4.74 Å². The van der Waals surface area contributed by atoms with E-state index in [4.69, 9.17) is 4.74 Å². The maximum absolute atomic E-state index is 5.49. The Morgan fingerprint density at radius 1 is 1.21 bits per heavy atom. The van der Waals surface area contributed by atoms with E-state index in [1.54, 1.807) is 11.3 Å². The van der Waals surface area contributed by atoms with Crippen molar-refractivity contribution >= 4 is 11.3 Å². The van der Waals surface area contributed by atoms with E-state index in [2.05, 4.69) is 39.9 Å². The zero-order valence-electron chi connectivity index (χ0n) is 11.5. The topological polar surface area (TPSA) is 34.1 Å². The Labute approximate surface area is 118 Å². The smallest absolute Gasteiger partial charge is 0.107 e. The van der Waals surface area contributed by atoms with Crippen LogP contribution in [-0.4, -0.2) is 11.6 Å². The van der Waals surface area contributed by atoms with Gasteiger partial charge < -0.3 is 10.1 Å². The lowest BCUT2D eigenvalue weighted by molar-refractivity contribution is 0.133. The second-order valence-corrected chi connectivity index (χ2v) is 5.33. The van der Waals surface area contributed by atoms with Gasteiger partial charge in [0.05, 0.1) is 6.61 Å². The van der Waals surface area contributed by atoms with Crippen LogP contribution in [0.1, 0.15) is 28.8 Å². The highest BCUT2D eigenvalue weighted by molar-refractivity contribution is 7.09. The Bertz CT molecular complexity index is 510. The fraction of sp³-hybridized carbons (Fsp3) is 0.400. The summed E-state index contributed by atoms with van der Waals surface area (Å²) in [5, 5.41) is 6.66. The van der Waals surface area contributed by atoms with E-state index in [1.807, 2.05) is 13.8 Å². The molecule has 0 radical (unpaired) electrons. The standard InChI is InChI=1S/C15H20N2OS/c1-3-18-10-14-7-5-4-6-13(14)8-16-9-15-17-12(2)11-19-15/h4-7,11,16H,3,8-10H2,1-2H3. The predicted molar refractivity (Wildman–Crippen MR) is 79.2 cm³/mol. The second-order valence-electron chi connectivity index (χ2n) is 4.39. The van der Waals surface area contributed by atoms with Crippen LogP contribution in [0.2, 0.25) is 0 Å². The molecule has 0 saturated carbocycles. The van der Waals surface area contributed by atoms with Crippen molar-refractivity contribution in [2.24, 2.45) is 0 Å². The number of thiazole rings is 1. The lowest BCUT2D eigenvalue weighted by Gasteiger charge is -2.10. The molecule has 0 aliphatic carbocycles. The van der Waals surface area contributed by atoms with Crippen molar-refractivity contribution in [3.05, 3.63) is 51.5 Å². The molecule has 0 saturated heterocycles. The number of hydrogen-bond acceptors (Lipinski definition) is 4. The van der Waals surface area contributed by atoms with Gasteiger partial charge in [0, 0.05) is 30.8 Å². The molecule has 0 fully saturated rings. The minimum atomic E-state index is 0.685. The maximum Gasteiger partial charge on any atom is 0.107 e. The van der Waals surface area contributed by atoms with Crippen LogP contribution in [0, 0.1) is 6.92 Å². The van der Waals surface area contributed by atoms with Crippen molar-refractivity contribution in [2.75, 3.05) is 6.61 Å². The molecule has 4 heteroatoms. The average molecular weight is 276 g/mol. The van der Waals surface area contributed by atoms with E-state index in [-0.39, 0.29) is 0 Å². The van der Waals surface area contributed by atoms with Gasteiger partial charge in [0.1, 0.15) is 5.01 Å². The quantitative estimate of drug-likeness (QED) is 0.842. The van der Waals surface area contributed by atoms with Gasteiger partial charge in [-0.2, -0.15) is 0 Å². The van der Waals surface area contributed by atoms with E-state index in [9.17, 15) is 0 Å². The van der Waals surface area contributed by atoms with Crippen LogP contribution in [0.4, 0.5) is 0 Å². The van der Waals surface area contributed by atoms with Crippen LogP contribution < -0.4 is 5.32 Å². The second kappa shape index (κ2) is 7.38. The third-order valence-electron chi connectivity index (χ3n) is 2.84. The number of aryl methyl sites for hydroxylation is 1. The highest BCUT2D eigenvalue weighted by Gasteiger charge is 2.02. The molecule has 1 N–H and O–H groups in total. The van der Waals surface area contributed by atoms with Gasteiger partial charge in [-0.05, 0) is 25.0 Å². The zero-order chi connectivity index (χ0) is 13.5. The molecule has 0 unspecified atom stereocenters.